The van der Waals surface area contributed by atoms with Gasteiger partial charge < -0.3 is 4.74 Å². The van der Waals surface area contributed by atoms with Crippen LogP contribution in [0.4, 0.5) is 22.7 Å². The number of hydrogen-bond donors (Lipinski definition) is 2. The lowest BCUT2D eigenvalue weighted by Gasteiger charge is -2.12. The first kappa shape index (κ1) is 23.1. The normalized spacial score (nSPS) is 11.2. The second-order valence-electron chi connectivity index (χ2n) is 6.46. The third kappa shape index (κ3) is 5.59. The summed E-state index contributed by atoms with van der Waals surface area (Å²) in [6, 6.07) is 15.0. The SMILES string of the molecule is COc1ccc(NS(=O)(=O)c2cc([N+](=O)[O-])ccc2N/N=C\c2ccccc2[N+](=O)[O-])cc1. The zero-order chi connectivity index (χ0) is 24.0. The summed E-state index contributed by atoms with van der Waals surface area (Å²) in [6.45, 7) is 0. The molecule has 170 valence electrons. The van der Waals surface area contributed by atoms with Gasteiger partial charge >= 0.3 is 0 Å². The molecule has 0 radical (unpaired) electrons. The lowest BCUT2D eigenvalue weighted by Crippen LogP contribution is -2.15. The van der Waals surface area contributed by atoms with Gasteiger partial charge in [-0.2, -0.15) is 5.10 Å². The largest absolute Gasteiger partial charge is 0.497 e. The Labute approximate surface area is 187 Å². The van der Waals surface area contributed by atoms with Gasteiger partial charge in [-0.15, -0.1) is 0 Å². The van der Waals surface area contributed by atoms with Crippen molar-refractivity contribution in [2.45, 2.75) is 4.90 Å². The van der Waals surface area contributed by atoms with Crippen LogP contribution in [0.2, 0.25) is 0 Å². The molecule has 2 N–H and O–H groups in total. The average molecular weight is 471 g/mol. The lowest BCUT2D eigenvalue weighted by molar-refractivity contribution is -0.385. The molecule has 0 saturated heterocycles. The number of benzene rings is 3. The fourth-order valence-electron chi connectivity index (χ4n) is 2.74. The van der Waals surface area contributed by atoms with E-state index in [-0.39, 0.29) is 22.6 Å². The quantitative estimate of drug-likeness (QED) is 0.270. The van der Waals surface area contributed by atoms with E-state index < -0.39 is 30.5 Å². The molecule has 33 heavy (non-hydrogen) atoms. The molecule has 0 aromatic heterocycles. The Hall–Kier alpha value is -4.52. The molecule has 3 aromatic carbocycles. The fourth-order valence-corrected chi connectivity index (χ4v) is 3.98. The van der Waals surface area contributed by atoms with Crippen molar-refractivity contribution in [1.29, 1.82) is 0 Å². The zero-order valence-corrected chi connectivity index (χ0v) is 17.9. The number of non-ortho nitro benzene ring substituents is 1. The summed E-state index contributed by atoms with van der Waals surface area (Å²) in [5, 5.41) is 26.2. The van der Waals surface area contributed by atoms with Crippen molar-refractivity contribution in [3.63, 3.8) is 0 Å². The number of para-hydroxylation sites is 1. The van der Waals surface area contributed by atoms with E-state index in [0.29, 0.717) is 5.75 Å². The smallest absolute Gasteiger partial charge is 0.278 e. The molecule has 0 heterocycles. The maximum Gasteiger partial charge on any atom is 0.278 e. The van der Waals surface area contributed by atoms with E-state index in [2.05, 4.69) is 15.2 Å². The van der Waals surface area contributed by atoms with Crippen LogP contribution in [-0.2, 0) is 10.0 Å². The van der Waals surface area contributed by atoms with Crippen LogP contribution in [-0.4, -0.2) is 31.6 Å². The molecule has 0 fully saturated rings. The van der Waals surface area contributed by atoms with E-state index in [1.54, 1.807) is 18.2 Å². The number of hydrazone groups is 1. The molecule has 0 amide bonds. The van der Waals surface area contributed by atoms with Crippen molar-refractivity contribution in [3.05, 3.63) is 92.5 Å². The number of nitrogens with zero attached hydrogens (tertiary/aromatic N) is 3. The van der Waals surface area contributed by atoms with Crippen LogP contribution >= 0.6 is 0 Å². The predicted octanol–water partition coefficient (Wildman–Crippen LogP) is 3.76. The Morgan fingerprint density at radius 3 is 2.30 bits per heavy atom. The minimum atomic E-state index is -4.28. The summed E-state index contributed by atoms with van der Waals surface area (Å²) < 4.78 is 33.3. The summed E-state index contributed by atoms with van der Waals surface area (Å²) in [4.78, 5) is 20.6. The van der Waals surface area contributed by atoms with Crippen LogP contribution in [0.5, 0.6) is 5.75 Å². The number of nitro benzene ring substituents is 2. The minimum absolute atomic E-state index is 0.0727. The van der Waals surface area contributed by atoms with E-state index in [4.69, 9.17) is 4.74 Å². The van der Waals surface area contributed by atoms with Crippen LogP contribution in [0.3, 0.4) is 0 Å². The molecular formula is C20H17N5O7S. The van der Waals surface area contributed by atoms with Gasteiger partial charge in [0, 0.05) is 23.9 Å². The van der Waals surface area contributed by atoms with Crippen LogP contribution in [0.1, 0.15) is 5.56 Å². The number of sulfonamides is 1. The molecule has 0 aliphatic rings. The summed E-state index contributed by atoms with van der Waals surface area (Å²) >= 11 is 0. The van der Waals surface area contributed by atoms with Gasteiger partial charge in [0.1, 0.15) is 10.6 Å². The number of hydrogen-bond acceptors (Lipinski definition) is 9. The number of ether oxygens (including phenoxy) is 1. The highest BCUT2D eigenvalue weighted by Crippen LogP contribution is 2.29. The maximum atomic E-state index is 13.0. The molecular weight excluding hydrogens is 454 g/mol. The average Bonchev–Trinajstić information content (AvgIpc) is 2.79. The minimum Gasteiger partial charge on any atom is -0.497 e. The van der Waals surface area contributed by atoms with Crippen molar-refractivity contribution < 1.29 is 23.0 Å². The highest BCUT2D eigenvalue weighted by atomic mass is 32.2. The molecule has 0 aliphatic carbocycles. The third-order valence-electron chi connectivity index (χ3n) is 4.33. The molecule has 0 spiro atoms. The molecule has 0 saturated carbocycles. The summed E-state index contributed by atoms with van der Waals surface area (Å²) in [5.74, 6) is 0.514. The van der Waals surface area contributed by atoms with Gasteiger partial charge in [-0.3, -0.25) is 30.4 Å². The molecule has 0 bridgehead atoms. The van der Waals surface area contributed by atoms with Gasteiger partial charge in [0.05, 0.1) is 34.4 Å². The third-order valence-corrected chi connectivity index (χ3v) is 5.75. The standard InChI is InChI=1S/C20H17N5O7S/c1-32-17-9-6-15(7-10-17)23-33(30,31)20-12-16(24(26)27)8-11-18(20)22-21-13-14-4-2-3-5-19(14)25(28)29/h2-13,22-23H,1H3/b21-13-. The number of nitrogens with one attached hydrogen (secondary N) is 2. The lowest BCUT2D eigenvalue weighted by atomic mass is 10.2. The van der Waals surface area contributed by atoms with Crippen molar-refractivity contribution in [2.24, 2.45) is 5.10 Å². The van der Waals surface area contributed by atoms with Crippen LogP contribution < -0.4 is 14.9 Å². The van der Waals surface area contributed by atoms with Crippen LogP contribution in [0.15, 0.2) is 76.7 Å². The summed E-state index contributed by atoms with van der Waals surface area (Å²) in [5.41, 5.74) is 2.16. The maximum absolute atomic E-state index is 13.0. The number of anilines is 2. The summed E-state index contributed by atoms with van der Waals surface area (Å²) in [7, 11) is -2.81. The Bertz CT molecular complexity index is 1320. The highest BCUT2D eigenvalue weighted by Gasteiger charge is 2.23. The molecule has 13 heteroatoms. The number of methoxy groups -OCH3 is 1. The Balaban J connectivity index is 1.94. The van der Waals surface area contributed by atoms with E-state index >= 15 is 0 Å². The molecule has 0 atom stereocenters. The van der Waals surface area contributed by atoms with Crippen LogP contribution in [0, 0.1) is 20.2 Å². The monoisotopic (exact) mass is 471 g/mol. The second kappa shape index (κ2) is 9.74. The van der Waals surface area contributed by atoms with Gasteiger partial charge in [0.25, 0.3) is 21.4 Å². The van der Waals surface area contributed by atoms with Crippen molar-refractivity contribution in [3.8, 4) is 5.75 Å². The molecule has 0 unspecified atom stereocenters. The topological polar surface area (TPSA) is 166 Å². The molecule has 0 aliphatic heterocycles. The van der Waals surface area contributed by atoms with Gasteiger partial charge in [0.15, 0.2) is 0 Å². The predicted molar refractivity (Wildman–Crippen MR) is 121 cm³/mol. The molecule has 3 rings (SSSR count). The summed E-state index contributed by atoms with van der Waals surface area (Å²) in [6.07, 6.45) is 1.15. The number of rotatable bonds is 9. The van der Waals surface area contributed by atoms with Crippen LogP contribution in [0.25, 0.3) is 0 Å². The first-order chi connectivity index (χ1) is 15.7. The highest BCUT2D eigenvalue weighted by molar-refractivity contribution is 7.92. The molecule has 12 nitrogen and oxygen atoms in total. The fraction of sp³-hybridized carbons (Fsp3) is 0.0500. The van der Waals surface area contributed by atoms with Crippen molar-refractivity contribution in [1.82, 2.24) is 0 Å². The molecule has 3 aromatic rings. The first-order valence-corrected chi connectivity index (χ1v) is 10.7. The van der Waals surface area contributed by atoms with E-state index in [1.165, 1.54) is 43.5 Å². The van der Waals surface area contributed by atoms with E-state index in [9.17, 15) is 28.6 Å². The van der Waals surface area contributed by atoms with Gasteiger partial charge in [-0.05, 0) is 36.4 Å². The van der Waals surface area contributed by atoms with Gasteiger partial charge in [-0.25, -0.2) is 8.42 Å². The Morgan fingerprint density at radius 1 is 0.970 bits per heavy atom. The zero-order valence-electron chi connectivity index (χ0n) is 17.0. The second-order valence-corrected chi connectivity index (χ2v) is 8.11. The van der Waals surface area contributed by atoms with Gasteiger partial charge in [0.2, 0.25) is 0 Å². The first-order valence-electron chi connectivity index (χ1n) is 9.19. The van der Waals surface area contributed by atoms with E-state index in [0.717, 1.165) is 18.3 Å². The Kier molecular flexibility index (Phi) is 6.83. The van der Waals surface area contributed by atoms with E-state index in [1.807, 2.05) is 0 Å². The van der Waals surface area contributed by atoms with Gasteiger partial charge in [-0.1, -0.05) is 12.1 Å². The number of nitro groups is 2. The van der Waals surface area contributed by atoms with Crippen molar-refractivity contribution in [2.75, 3.05) is 17.3 Å². The Morgan fingerprint density at radius 2 is 1.67 bits per heavy atom. The van der Waals surface area contributed by atoms with Crippen molar-refractivity contribution >= 4 is 39.0 Å².